The molecule has 0 aliphatic carbocycles. The van der Waals surface area contributed by atoms with Crippen molar-refractivity contribution in [2.75, 3.05) is 50.1 Å². The molecule has 1 atom stereocenters. The largest absolute Gasteiger partial charge is 0.478 e. The van der Waals surface area contributed by atoms with Crippen LogP contribution in [0.4, 0.5) is 11.6 Å². The number of ether oxygens (including phenoxy) is 1. The normalized spacial score (nSPS) is 15.9. The second kappa shape index (κ2) is 13.9. The molecule has 3 N–H and O–H groups in total. The van der Waals surface area contributed by atoms with Crippen LogP contribution in [0.2, 0.25) is 0 Å². The van der Waals surface area contributed by atoms with E-state index in [4.69, 9.17) is 14.8 Å². The van der Waals surface area contributed by atoms with Gasteiger partial charge in [0.05, 0.1) is 6.20 Å². The number of aliphatic carboxylic acids is 1. The highest BCUT2D eigenvalue weighted by Gasteiger charge is 2.25. The molecule has 39 heavy (non-hydrogen) atoms. The zero-order chi connectivity index (χ0) is 27.6. The minimum Gasteiger partial charge on any atom is -0.478 e. The molecule has 0 aromatic carbocycles. The van der Waals surface area contributed by atoms with Crippen molar-refractivity contribution in [3.63, 3.8) is 0 Å². The minimum absolute atomic E-state index is 0.176. The second-order valence-corrected chi connectivity index (χ2v) is 9.82. The van der Waals surface area contributed by atoms with Crippen LogP contribution in [0.5, 0.6) is 5.88 Å². The quantitative estimate of drug-likeness (QED) is 0.264. The standard InChI is InChI=1S/C28H39N7O4/c1-3-22-20-31-35-24(17-25(32-28(22)35)34-13-5-4-7-23(34)11-15-36)29-18-21-9-10-26(30-19-21)39-16-14-33(2)12-6-8-27(37)38/h6,8-10,17,19-20,23,29,36H,3-5,7,11-16,18H2,1-2H3,(H,37,38)/t23-/m0/s1. The van der Waals surface area contributed by atoms with Gasteiger partial charge in [0.1, 0.15) is 18.2 Å². The molecular weight excluding hydrogens is 498 g/mol. The molecule has 1 aliphatic heterocycles. The summed E-state index contributed by atoms with van der Waals surface area (Å²) in [7, 11) is 1.90. The van der Waals surface area contributed by atoms with E-state index in [1.54, 1.807) is 12.3 Å². The molecule has 3 aromatic rings. The molecule has 4 rings (SSSR count). The third-order valence-corrected chi connectivity index (χ3v) is 6.97. The lowest BCUT2D eigenvalue weighted by molar-refractivity contribution is -0.131. The van der Waals surface area contributed by atoms with Gasteiger partial charge in [-0.15, -0.1) is 0 Å². The number of nitrogens with zero attached hydrogens (tertiary/aromatic N) is 6. The van der Waals surface area contributed by atoms with Crippen molar-refractivity contribution in [1.82, 2.24) is 24.5 Å². The van der Waals surface area contributed by atoms with Gasteiger partial charge >= 0.3 is 5.97 Å². The summed E-state index contributed by atoms with van der Waals surface area (Å²) in [4.78, 5) is 24.3. The van der Waals surface area contributed by atoms with E-state index in [9.17, 15) is 9.90 Å². The number of fused-ring (bicyclic) bond motifs is 1. The molecule has 1 saturated heterocycles. The van der Waals surface area contributed by atoms with Crippen LogP contribution in [0.1, 0.15) is 43.7 Å². The summed E-state index contributed by atoms with van der Waals surface area (Å²) in [6.45, 7) is 5.41. The Morgan fingerprint density at radius 2 is 2.18 bits per heavy atom. The Bertz CT molecular complexity index is 1240. The smallest absolute Gasteiger partial charge is 0.328 e. The molecular formula is C28H39N7O4. The van der Waals surface area contributed by atoms with E-state index in [0.29, 0.717) is 32.1 Å². The monoisotopic (exact) mass is 537 g/mol. The topological polar surface area (TPSA) is 128 Å². The number of likely N-dealkylation sites (N-methyl/N-ethyl adjacent to an activating group) is 1. The van der Waals surface area contributed by atoms with Crippen LogP contribution in [0.3, 0.4) is 0 Å². The first kappa shape index (κ1) is 28.3. The number of aromatic nitrogens is 4. The molecule has 11 heteroatoms. The Kier molecular flexibility index (Phi) is 10.1. The molecule has 1 fully saturated rings. The molecule has 0 bridgehead atoms. The van der Waals surface area contributed by atoms with Gasteiger partial charge in [-0.1, -0.05) is 19.1 Å². The lowest BCUT2D eigenvalue weighted by Crippen LogP contribution is -2.40. The minimum atomic E-state index is -0.948. The van der Waals surface area contributed by atoms with Gasteiger partial charge in [0.2, 0.25) is 5.88 Å². The Labute approximate surface area is 229 Å². The van der Waals surface area contributed by atoms with Gasteiger partial charge < -0.3 is 25.2 Å². The number of carbonyl (C=O) groups is 1. The molecule has 3 aromatic heterocycles. The van der Waals surface area contributed by atoms with Gasteiger partial charge in [0, 0.05) is 68.8 Å². The van der Waals surface area contributed by atoms with Crippen LogP contribution in [-0.2, 0) is 17.8 Å². The van der Waals surface area contributed by atoms with Crippen LogP contribution in [0.15, 0.2) is 42.7 Å². The molecule has 0 spiro atoms. The third kappa shape index (κ3) is 7.67. The first-order valence-electron chi connectivity index (χ1n) is 13.6. The van der Waals surface area contributed by atoms with E-state index >= 15 is 0 Å². The molecule has 0 saturated carbocycles. The number of aryl methyl sites for hydroxylation is 1. The molecule has 0 amide bonds. The highest BCUT2D eigenvalue weighted by molar-refractivity contribution is 5.79. The molecule has 0 radical (unpaired) electrons. The van der Waals surface area contributed by atoms with Crippen LogP contribution in [0, 0.1) is 0 Å². The van der Waals surface area contributed by atoms with Crippen molar-refractivity contribution in [1.29, 1.82) is 0 Å². The maximum atomic E-state index is 10.6. The summed E-state index contributed by atoms with van der Waals surface area (Å²) < 4.78 is 7.61. The van der Waals surface area contributed by atoms with Gasteiger partial charge in [-0.3, -0.25) is 4.90 Å². The Morgan fingerprint density at radius 1 is 1.31 bits per heavy atom. The van der Waals surface area contributed by atoms with Crippen LogP contribution in [-0.4, -0.2) is 86.6 Å². The maximum absolute atomic E-state index is 10.6. The summed E-state index contributed by atoms with van der Waals surface area (Å²) in [5.41, 5.74) is 2.96. The van der Waals surface area contributed by atoms with Crippen molar-refractivity contribution in [2.24, 2.45) is 0 Å². The number of pyridine rings is 1. The number of aliphatic hydroxyl groups excluding tert-OH is 1. The summed E-state index contributed by atoms with van der Waals surface area (Å²) in [5.74, 6) is 1.38. The van der Waals surface area contributed by atoms with E-state index in [0.717, 1.165) is 66.7 Å². The average Bonchev–Trinajstić information content (AvgIpc) is 3.36. The van der Waals surface area contributed by atoms with Crippen LogP contribution >= 0.6 is 0 Å². The van der Waals surface area contributed by atoms with E-state index < -0.39 is 5.97 Å². The highest BCUT2D eigenvalue weighted by Crippen LogP contribution is 2.29. The first-order chi connectivity index (χ1) is 19.0. The number of carboxylic acids is 1. The van der Waals surface area contributed by atoms with Gasteiger partial charge in [-0.25, -0.2) is 14.8 Å². The maximum Gasteiger partial charge on any atom is 0.328 e. The third-order valence-electron chi connectivity index (χ3n) is 6.97. The summed E-state index contributed by atoms with van der Waals surface area (Å²) >= 11 is 0. The molecule has 210 valence electrons. The number of rotatable bonds is 14. The van der Waals surface area contributed by atoms with Gasteiger partial charge in [-0.05, 0) is 44.7 Å². The number of hydrogen-bond acceptors (Lipinski definition) is 9. The van der Waals surface area contributed by atoms with E-state index in [2.05, 4.69) is 33.3 Å². The zero-order valence-corrected chi connectivity index (χ0v) is 22.8. The molecule has 1 aliphatic rings. The van der Waals surface area contributed by atoms with E-state index in [1.165, 1.54) is 6.42 Å². The summed E-state index contributed by atoms with van der Waals surface area (Å²) in [6, 6.07) is 6.18. The lowest BCUT2D eigenvalue weighted by Gasteiger charge is -2.36. The van der Waals surface area contributed by atoms with E-state index in [-0.39, 0.29) is 12.6 Å². The number of anilines is 2. The molecule has 0 unspecified atom stereocenters. The fourth-order valence-corrected chi connectivity index (χ4v) is 4.79. The van der Waals surface area contributed by atoms with Crippen molar-refractivity contribution in [3.05, 3.63) is 53.9 Å². The predicted molar refractivity (Wildman–Crippen MR) is 150 cm³/mol. The first-order valence-corrected chi connectivity index (χ1v) is 13.6. The Hall–Kier alpha value is -3.70. The zero-order valence-electron chi connectivity index (χ0n) is 22.8. The number of hydrogen-bond donors (Lipinski definition) is 3. The number of aliphatic hydroxyl groups is 1. The number of piperidine rings is 1. The summed E-state index contributed by atoms with van der Waals surface area (Å²) in [5, 5.41) is 26.4. The summed E-state index contributed by atoms with van der Waals surface area (Å²) in [6.07, 6.45) is 11.4. The Morgan fingerprint density at radius 3 is 2.92 bits per heavy atom. The lowest BCUT2D eigenvalue weighted by atomic mass is 9.99. The SMILES string of the molecule is CCc1cnn2c(NCc3ccc(OCCN(C)CC=CC(=O)O)nc3)cc(N3CCCC[C@H]3CCO)nc12. The van der Waals surface area contributed by atoms with Crippen molar-refractivity contribution < 1.29 is 19.7 Å². The van der Waals surface area contributed by atoms with Gasteiger partial charge in [-0.2, -0.15) is 9.61 Å². The predicted octanol–water partition coefficient (Wildman–Crippen LogP) is 2.99. The fraction of sp³-hybridized carbons (Fsp3) is 0.500. The van der Waals surface area contributed by atoms with E-state index in [1.807, 2.05) is 34.8 Å². The van der Waals surface area contributed by atoms with Gasteiger partial charge in [0.25, 0.3) is 0 Å². The van der Waals surface area contributed by atoms with Crippen LogP contribution in [0.25, 0.3) is 5.65 Å². The Balaban J connectivity index is 1.40. The number of carboxylic acid groups (broad SMARTS) is 1. The molecule has 11 nitrogen and oxygen atoms in total. The average molecular weight is 538 g/mol. The fourth-order valence-electron chi connectivity index (χ4n) is 4.79. The molecule has 4 heterocycles. The van der Waals surface area contributed by atoms with Crippen molar-refractivity contribution >= 4 is 23.3 Å². The second-order valence-electron chi connectivity index (χ2n) is 9.82. The number of nitrogens with one attached hydrogen (secondary N) is 1. The highest BCUT2D eigenvalue weighted by atomic mass is 16.5. The van der Waals surface area contributed by atoms with Crippen molar-refractivity contribution in [3.8, 4) is 5.88 Å². The van der Waals surface area contributed by atoms with Crippen LogP contribution < -0.4 is 15.0 Å². The van der Waals surface area contributed by atoms with Crippen molar-refractivity contribution in [2.45, 2.75) is 51.6 Å². The van der Waals surface area contributed by atoms with Gasteiger partial charge in [0.15, 0.2) is 5.65 Å².